The smallest absolute Gasteiger partial charge is 0.231 e. The summed E-state index contributed by atoms with van der Waals surface area (Å²) in [6.07, 6.45) is 1.20. The summed E-state index contributed by atoms with van der Waals surface area (Å²) in [5.74, 6) is 1.71. The van der Waals surface area contributed by atoms with Gasteiger partial charge in [-0.1, -0.05) is 0 Å². The average Bonchev–Trinajstić information content (AvgIpc) is 2.98. The number of likely N-dealkylation sites (N-methyl/N-ethyl adjacent to an activating group) is 1. The Balaban J connectivity index is 0.00000108. The van der Waals surface area contributed by atoms with E-state index < -0.39 is 0 Å². The molecular weight excluding hydrogens is 240 g/mol. The van der Waals surface area contributed by atoms with Crippen molar-refractivity contribution in [1.82, 2.24) is 5.32 Å². The standard InChI is InChI=1S/C12H16N2O2.ClH/c1-14(10-4-5-13-7-10)9-2-3-11-12(6-9)16-8-15-11;/h2-3,6,10,13H,4-5,7-8H2,1H3;1H. The van der Waals surface area contributed by atoms with Crippen molar-refractivity contribution in [2.75, 3.05) is 31.8 Å². The van der Waals surface area contributed by atoms with Crippen molar-refractivity contribution in [2.45, 2.75) is 12.5 Å². The number of benzene rings is 1. The highest BCUT2D eigenvalue weighted by molar-refractivity contribution is 5.85. The number of hydrogen-bond donors (Lipinski definition) is 1. The first-order chi connectivity index (χ1) is 7.84. The van der Waals surface area contributed by atoms with Crippen LogP contribution in [0.15, 0.2) is 18.2 Å². The van der Waals surface area contributed by atoms with Gasteiger partial charge in [-0.05, 0) is 25.1 Å². The highest BCUT2D eigenvalue weighted by atomic mass is 35.5. The Hall–Kier alpha value is -1.13. The zero-order chi connectivity index (χ0) is 11.0. The summed E-state index contributed by atoms with van der Waals surface area (Å²) in [6, 6.07) is 6.71. The van der Waals surface area contributed by atoms with E-state index in [1.54, 1.807) is 0 Å². The SMILES string of the molecule is CN(c1ccc2c(c1)OCO2)C1CCNC1.Cl. The molecule has 1 atom stereocenters. The summed E-state index contributed by atoms with van der Waals surface area (Å²) in [5, 5.41) is 3.38. The lowest BCUT2D eigenvalue weighted by Crippen LogP contribution is -2.33. The van der Waals surface area contributed by atoms with E-state index in [0.29, 0.717) is 12.8 Å². The maximum absolute atomic E-state index is 5.39. The predicted molar refractivity (Wildman–Crippen MR) is 69.5 cm³/mol. The van der Waals surface area contributed by atoms with Gasteiger partial charge in [-0.15, -0.1) is 12.4 Å². The van der Waals surface area contributed by atoms with Crippen LogP contribution in [0.2, 0.25) is 0 Å². The predicted octanol–water partition coefficient (Wildman–Crippen LogP) is 1.64. The summed E-state index contributed by atoms with van der Waals surface area (Å²) < 4.78 is 10.7. The highest BCUT2D eigenvalue weighted by Crippen LogP contribution is 2.35. The Morgan fingerprint density at radius 1 is 1.29 bits per heavy atom. The van der Waals surface area contributed by atoms with E-state index in [9.17, 15) is 0 Å². The Bertz CT molecular complexity index is 394. The topological polar surface area (TPSA) is 33.7 Å². The Morgan fingerprint density at radius 3 is 2.88 bits per heavy atom. The summed E-state index contributed by atoms with van der Waals surface area (Å²) in [5.41, 5.74) is 1.19. The van der Waals surface area contributed by atoms with E-state index in [-0.39, 0.29) is 12.4 Å². The summed E-state index contributed by atoms with van der Waals surface area (Å²) in [4.78, 5) is 2.31. The Labute approximate surface area is 107 Å². The number of fused-ring (bicyclic) bond motifs is 1. The molecule has 1 N–H and O–H groups in total. The van der Waals surface area contributed by atoms with E-state index in [2.05, 4.69) is 29.4 Å². The third-order valence-corrected chi connectivity index (χ3v) is 3.35. The molecule has 1 aromatic carbocycles. The lowest BCUT2D eigenvalue weighted by Gasteiger charge is -2.26. The molecule has 2 aliphatic rings. The summed E-state index contributed by atoms with van der Waals surface area (Å²) in [7, 11) is 2.13. The molecule has 0 bridgehead atoms. The van der Waals surface area contributed by atoms with Crippen LogP contribution in [0.5, 0.6) is 11.5 Å². The molecule has 1 aromatic rings. The minimum absolute atomic E-state index is 0. The molecule has 17 heavy (non-hydrogen) atoms. The van der Waals surface area contributed by atoms with Crippen LogP contribution in [0, 0.1) is 0 Å². The number of ether oxygens (including phenoxy) is 2. The molecule has 2 heterocycles. The molecule has 0 aromatic heterocycles. The fourth-order valence-electron chi connectivity index (χ4n) is 2.29. The van der Waals surface area contributed by atoms with Gasteiger partial charge in [0.1, 0.15) is 0 Å². The molecule has 1 unspecified atom stereocenters. The third kappa shape index (κ3) is 2.28. The maximum atomic E-state index is 5.39. The minimum atomic E-state index is 0. The van der Waals surface area contributed by atoms with Crippen LogP contribution in [-0.4, -0.2) is 33.0 Å². The Morgan fingerprint density at radius 2 is 2.12 bits per heavy atom. The maximum Gasteiger partial charge on any atom is 0.231 e. The van der Waals surface area contributed by atoms with Gasteiger partial charge >= 0.3 is 0 Å². The van der Waals surface area contributed by atoms with Crippen LogP contribution in [0.1, 0.15) is 6.42 Å². The second-order valence-corrected chi connectivity index (χ2v) is 4.30. The fraction of sp³-hybridized carbons (Fsp3) is 0.500. The number of anilines is 1. The van der Waals surface area contributed by atoms with Crippen molar-refractivity contribution in [1.29, 1.82) is 0 Å². The molecule has 1 saturated heterocycles. The van der Waals surface area contributed by atoms with E-state index in [0.717, 1.165) is 24.6 Å². The molecule has 0 spiro atoms. The number of rotatable bonds is 2. The van der Waals surface area contributed by atoms with Crippen LogP contribution >= 0.6 is 12.4 Å². The van der Waals surface area contributed by atoms with Gasteiger partial charge in [-0.25, -0.2) is 0 Å². The van der Waals surface area contributed by atoms with Gasteiger partial charge in [0.05, 0.1) is 0 Å². The zero-order valence-corrected chi connectivity index (χ0v) is 10.6. The first-order valence-electron chi connectivity index (χ1n) is 5.68. The van der Waals surface area contributed by atoms with Gasteiger partial charge in [0.2, 0.25) is 6.79 Å². The molecular formula is C12H17ClN2O2. The summed E-state index contributed by atoms with van der Waals surface area (Å²) in [6.45, 7) is 2.51. The molecule has 3 rings (SSSR count). The number of hydrogen-bond acceptors (Lipinski definition) is 4. The second kappa shape index (κ2) is 5.02. The molecule has 4 nitrogen and oxygen atoms in total. The third-order valence-electron chi connectivity index (χ3n) is 3.35. The quantitative estimate of drug-likeness (QED) is 0.872. The number of halogens is 1. The van der Waals surface area contributed by atoms with E-state index >= 15 is 0 Å². The van der Waals surface area contributed by atoms with Crippen LogP contribution < -0.4 is 19.7 Å². The minimum Gasteiger partial charge on any atom is -0.454 e. The van der Waals surface area contributed by atoms with Crippen molar-refractivity contribution in [2.24, 2.45) is 0 Å². The fourth-order valence-corrected chi connectivity index (χ4v) is 2.29. The van der Waals surface area contributed by atoms with Crippen molar-refractivity contribution < 1.29 is 9.47 Å². The Kier molecular flexibility index (Phi) is 3.64. The number of nitrogens with one attached hydrogen (secondary N) is 1. The molecule has 94 valence electrons. The lowest BCUT2D eigenvalue weighted by atomic mass is 10.2. The van der Waals surface area contributed by atoms with Crippen LogP contribution in [-0.2, 0) is 0 Å². The van der Waals surface area contributed by atoms with Crippen molar-refractivity contribution >= 4 is 18.1 Å². The first kappa shape index (κ1) is 12.3. The highest BCUT2D eigenvalue weighted by Gasteiger charge is 2.21. The molecule has 0 radical (unpaired) electrons. The molecule has 0 aliphatic carbocycles. The van der Waals surface area contributed by atoms with Gasteiger partial charge in [0.25, 0.3) is 0 Å². The van der Waals surface area contributed by atoms with Crippen LogP contribution in [0.25, 0.3) is 0 Å². The van der Waals surface area contributed by atoms with Crippen molar-refractivity contribution in [3.63, 3.8) is 0 Å². The van der Waals surface area contributed by atoms with Gasteiger partial charge in [0, 0.05) is 31.4 Å². The van der Waals surface area contributed by atoms with Crippen LogP contribution in [0.3, 0.4) is 0 Å². The van der Waals surface area contributed by atoms with E-state index in [1.807, 2.05) is 6.07 Å². The summed E-state index contributed by atoms with van der Waals surface area (Å²) >= 11 is 0. The molecule has 5 heteroatoms. The zero-order valence-electron chi connectivity index (χ0n) is 9.81. The van der Waals surface area contributed by atoms with Gasteiger partial charge in [-0.3, -0.25) is 0 Å². The largest absolute Gasteiger partial charge is 0.454 e. The van der Waals surface area contributed by atoms with Gasteiger partial charge < -0.3 is 19.7 Å². The van der Waals surface area contributed by atoms with Crippen molar-refractivity contribution in [3.8, 4) is 11.5 Å². The first-order valence-corrected chi connectivity index (χ1v) is 5.68. The van der Waals surface area contributed by atoms with Crippen LogP contribution in [0.4, 0.5) is 5.69 Å². The molecule has 0 amide bonds. The van der Waals surface area contributed by atoms with Crippen molar-refractivity contribution in [3.05, 3.63) is 18.2 Å². The van der Waals surface area contributed by atoms with Gasteiger partial charge in [0.15, 0.2) is 11.5 Å². The molecule has 2 aliphatic heterocycles. The monoisotopic (exact) mass is 256 g/mol. The average molecular weight is 257 g/mol. The second-order valence-electron chi connectivity index (χ2n) is 4.30. The number of nitrogens with zero attached hydrogens (tertiary/aromatic N) is 1. The van der Waals surface area contributed by atoms with E-state index in [1.165, 1.54) is 12.1 Å². The normalized spacial score (nSPS) is 21.1. The lowest BCUT2D eigenvalue weighted by molar-refractivity contribution is 0.174. The van der Waals surface area contributed by atoms with Gasteiger partial charge in [-0.2, -0.15) is 0 Å². The van der Waals surface area contributed by atoms with E-state index in [4.69, 9.17) is 9.47 Å². The molecule has 1 fully saturated rings. The molecule has 0 saturated carbocycles.